The number of carbonyl (C=O) groups is 1. The Bertz CT molecular complexity index is 1380. The quantitative estimate of drug-likeness (QED) is 0.329. The van der Waals surface area contributed by atoms with Gasteiger partial charge in [-0.15, -0.1) is 0 Å². The molecule has 0 aliphatic rings. The Balaban J connectivity index is 1.68. The van der Waals surface area contributed by atoms with E-state index in [1.807, 2.05) is 0 Å². The van der Waals surface area contributed by atoms with Gasteiger partial charge in [0.15, 0.2) is 5.65 Å². The molecule has 12 heteroatoms. The predicted molar refractivity (Wildman–Crippen MR) is 134 cm³/mol. The summed E-state index contributed by atoms with van der Waals surface area (Å²) < 4.78 is 31.2. The number of anilines is 2. The third-order valence-electron chi connectivity index (χ3n) is 5.38. The molecule has 9 nitrogen and oxygen atoms in total. The maximum Gasteiger partial charge on any atom is 0.255 e. The van der Waals surface area contributed by atoms with E-state index in [1.54, 1.807) is 38.5 Å². The third-order valence-corrected chi connectivity index (χ3v) is 5.58. The number of pyridine rings is 1. The van der Waals surface area contributed by atoms with Gasteiger partial charge in [0.2, 0.25) is 0 Å². The average Bonchev–Trinajstić information content (AvgIpc) is 3.42. The molecule has 36 heavy (non-hydrogen) atoms. The Labute approximate surface area is 211 Å². The molecule has 0 aliphatic carbocycles. The molecule has 0 aromatic carbocycles. The van der Waals surface area contributed by atoms with Gasteiger partial charge in [0.25, 0.3) is 5.91 Å². The van der Waals surface area contributed by atoms with Crippen LogP contribution in [0.25, 0.3) is 16.9 Å². The molecule has 0 spiro atoms. The molecule has 0 saturated heterocycles. The molecule has 4 rings (SSSR count). The van der Waals surface area contributed by atoms with E-state index in [0.29, 0.717) is 33.3 Å². The highest BCUT2D eigenvalue weighted by Gasteiger charge is 2.20. The van der Waals surface area contributed by atoms with Gasteiger partial charge in [-0.05, 0) is 25.8 Å². The molecule has 0 aliphatic heterocycles. The Kier molecular flexibility index (Phi) is 7.21. The van der Waals surface area contributed by atoms with Crippen molar-refractivity contribution in [2.24, 2.45) is 5.92 Å². The first-order valence-corrected chi connectivity index (χ1v) is 11.8. The molecule has 1 unspecified atom stereocenters. The Morgan fingerprint density at radius 2 is 1.92 bits per heavy atom. The van der Waals surface area contributed by atoms with E-state index in [-0.39, 0.29) is 24.6 Å². The lowest BCUT2D eigenvalue weighted by molar-refractivity contribution is 0.0935. The van der Waals surface area contributed by atoms with Gasteiger partial charge in [0.1, 0.15) is 11.8 Å². The fraction of sp³-hybridized carbons (Fsp3) is 0.375. The van der Waals surface area contributed by atoms with Crippen molar-refractivity contribution < 1.29 is 13.6 Å². The zero-order valence-electron chi connectivity index (χ0n) is 20.3. The fourth-order valence-electron chi connectivity index (χ4n) is 3.50. The van der Waals surface area contributed by atoms with Crippen molar-refractivity contribution in [1.82, 2.24) is 34.7 Å². The molecule has 0 bridgehead atoms. The second-order valence-electron chi connectivity index (χ2n) is 9.45. The van der Waals surface area contributed by atoms with E-state index in [0.717, 1.165) is 0 Å². The number of nitrogens with one attached hydrogen (secondary N) is 2. The van der Waals surface area contributed by atoms with Crippen LogP contribution in [0.4, 0.5) is 20.2 Å². The number of carbonyl (C=O) groups excluding carboxylic acids is 1. The van der Waals surface area contributed by atoms with Crippen LogP contribution < -0.4 is 10.6 Å². The molecular formula is C24H27ClF2N8O. The van der Waals surface area contributed by atoms with E-state index in [2.05, 4.69) is 30.8 Å². The summed E-state index contributed by atoms with van der Waals surface area (Å²) in [5.41, 5.74) is 1.37. The van der Waals surface area contributed by atoms with Crippen LogP contribution in [-0.4, -0.2) is 53.7 Å². The number of fused-ring (bicyclic) bond motifs is 1. The molecule has 0 fully saturated rings. The zero-order valence-corrected chi connectivity index (χ0v) is 21.1. The van der Waals surface area contributed by atoms with Crippen LogP contribution in [0.15, 0.2) is 43.2 Å². The van der Waals surface area contributed by atoms with Crippen LogP contribution in [0, 0.1) is 5.92 Å². The monoisotopic (exact) mass is 516 g/mol. The predicted octanol–water partition coefficient (Wildman–Crippen LogP) is 4.86. The van der Waals surface area contributed by atoms with Crippen LogP contribution >= 0.6 is 11.6 Å². The Morgan fingerprint density at radius 1 is 1.14 bits per heavy atom. The molecule has 4 aromatic rings. The van der Waals surface area contributed by atoms with Crippen molar-refractivity contribution in [2.45, 2.75) is 46.1 Å². The minimum absolute atomic E-state index is 0.0628. The first kappa shape index (κ1) is 25.5. The molecule has 4 aromatic heterocycles. The molecule has 0 saturated carbocycles. The highest BCUT2D eigenvalue weighted by Crippen LogP contribution is 2.29. The molecular weight excluding hydrogens is 490 g/mol. The van der Waals surface area contributed by atoms with Crippen molar-refractivity contribution >= 4 is 34.5 Å². The second-order valence-corrected chi connectivity index (χ2v) is 9.89. The number of hydrogen-bond acceptors (Lipinski definition) is 6. The lowest BCUT2D eigenvalue weighted by Gasteiger charge is -2.15. The van der Waals surface area contributed by atoms with Gasteiger partial charge in [-0.3, -0.25) is 14.5 Å². The first-order valence-electron chi connectivity index (χ1n) is 11.4. The summed E-state index contributed by atoms with van der Waals surface area (Å²) in [5, 5.41) is 14.7. The largest absolute Gasteiger partial charge is 0.352 e. The van der Waals surface area contributed by atoms with Gasteiger partial charge < -0.3 is 10.6 Å². The standard InChI is InChI=1S/C24H27ClF2N8O/c1-14(2)19(26)10-30-23(36)18-8-28-20(17-9-32-35-11-15(25)6-29-22(17)35)5-21(18)33-16-7-31-34(12-16)13-24(3,4)27/h5-9,11-12,14,19H,10,13H2,1-4H3,(H,28,33)(H,30,36). The normalized spacial score (nSPS) is 12.8. The number of hydrogen-bond donors (Lipinski definition) is 2. The lowest BCUT2D eigenvalue weighted by Crippen LogP contribution is -2.32. The molecule has 2 N–H and O–H groups in total. The van der Waals surface area contributed by atoms with Crippen LogP contribution in [0.5, 0.6) is 0 Å². The van der Waals surface area contributed by atoms with Crippen LogP contribution in [-0.2, 0) is 6.54 Å². The minimum atomic E-state index is -1.45. The highest BCUT2D eigenvalue weighted by molar-refractivity contribution is 6.30. The van der Waals surface area contributed by atoms with Crippen LogP contribution in [0.2, 0.25) is 5.02 Å². The van der Waals surface area contributed by atoms with Crippen molar-refractivity contribution in [3.8, 4) is 11.3 Å². The van der Waals surface area contributed by atoms with Gasteiger partial charge in [0.05, 0.1) is 58.4 Å². The minimum Gasteiger partial charge on any atom is -0.352 e. The van der Waals surface area contributed by atoms with Gasteiger partial charge >= 0.3 is 0 Å². The smallest absolute Gasteiger partial charge is 0.255 e. The number of nitrogens with zero attached hydrogens (tertiary/aromatic N) is 6. The lowest BCUT2D eigenvalue weighted by atomic mass is 10.1. The maximum absolute atomic E-state index is 14.1. The molecule has 1 atom stereocenters. The van der Waals surface area contributed by atoms with E-state index in [1.165, 1.54) is 41.6 Å². The van der Waals surface area contributed by atoms with Crippen molar-refractivity contribution in [2.75, 3.05) is 11.9 Å². The molecule has 190 valence electrons. The van der Waals surface area contributed by atoms with E-state index in [9.17, 15) is 13.6 Å². The summed E-state index contributed by atoms with van der Waals surface area (Å²) in [5.74, 6) is -0.715. The summed E-state index contributed by atoms with van der Waals surface area (Å²) in [7, 11) is 0. The molecule has 1 amide bonds. The third kappa shape index (κ3) is 5.96. The summed E-state index contributed by atoms with van der Waals surface area (Å²) in [6.45, 7) is 6.35. The molecule has 4 heterocycles. The molecule has 0 radical (unpaired) electrons. The number of halogens is 3. The van der Waals surface area contributed by atoms with Crippen molar-refractivity contribution in [1.29, 1.82) is 0 Å². The fourth-order valence-corrected chi connectivity index (χ4v) is 3.64. The number of rotatable bonds is 9. The second kappa shape index (κ2) is 10.2. The van der Waals surface area contributed by atoms with E-state index in [4.69, 9.17) is 11.6 Å². The highest BCUT2D eigenvalue weighted by atomic mass is 35.5. The topological polar surface area (TPSA) is 102 Å². The van der Waals surface area contributed by atoms with E-state index < -0.39 is 17.7 Å². The van der Waals surface area contributed by atoms with Crippen molar-refractivity contribution in [3.63, 3.8) is 0 Å². The Morgan fingerprint density at radius 3 is 2.64 bits per heavy atom. The van der Waals surface area contributed by atoms with Crippen LogP contribution in [0.3, 0.4) is 0 Å². The number of alkyl halides is 2. The number of amides is 1. The number of aromatic nitrogens is 6. The summed E-state index contributed by atoms with van der Waals surface area (Å²) in [6, 6.07) is 1.67. The zero-order chi connectivity index (χ0) is 26.0. The van der Waals surface area contributed by atoms with Gasteiger partial charge in [0, 0.05) is 25.1 Å². The van der Waals surface area contributed by atoms with Crippen molar-refractivity contribution in [3.05, 3.63) is 53.8 Å². The average molecular weight is 517 g/mol. The summed E-state index contributed by atoms with van der Waals surface area (Å²) in [6.07, 6.45) is 8.12. The Hall–Kier alpha value is -3.60. The van der Waals surface area contributed by atoms with Gasteiger partial charge in [-0.1, -0.05) is 25.4 Å². The SMILES string of the molecule is CC(C)C(F)CNC(=O)c1cnc(-c2cnn3cc(Cl)cnc23)cc1Nc1cnn(CC(C)(C)F)c1. The summed E-state index contributed by atoms with van der Waals surface area (Å²) >= 11 is 6.01. The van der Waals surface area contributed by atoms with Crippen LogP contribution in [0.1, 0.15) is 38.1 Å². The van der Waals surface area contributed by atoms with Gasteiger partial charge in [-0.25, -0.2) is 18.3 Å². The summed E-state index contributed by atoms with van der Waals surface area (Å²) in [4.78, 5) is 21.7. The van der Waals surface area contributed by atoms with Gasteiger partial charge in [-0.2, -0.15) is 10.2 Å². The maximum atomic E-state index is 14.1. The van der Waals surface area contributed by atoms with E-state index >= 15 is 0 Å². The first-order chi connectivity index (χ1) is 17.0.